The normalized spacial score (nSPS) is 25.4. The highest BCUT2D eigenvalue weighted by atomic mass is 33.1. The summed E-state index contributed by atoms with van der Waals surface area (Å²) in [6.45, 7) is 5.62. The maximum atomic E-state index is 13.9. The number of carbonyl (C=O) groups is 9. The summed E-state index contributed by atoms with van der Waals surface area (Å²) in [5.74, 6) is -7.23. The Morgan fingerprint density at radius 2 is 1.46 bits per heavy atom. The van der Waals surface area contributed by atoms with Gasteiger partial charge in [0.1, 0.15) is 36.3 Å². The second kappa shape index (κ2) is 22.0. The van der Waals surface area contributed by atoms with Gasteiger partial charge in [0.05, 0.1) is 6.42 Å². The Morgan fingerprint density at radius 3 is 2.09 bits per heavy atom. The molecule has 2 fully saturated rings. The largest absolute Gasteiger partial charge is 0.370 e. The highest BCUT2D eigenvalue weighted by Gasteiger charge is 2.39. The summed E-state index contributed by atoms with van der Waals surface area (Å²) in [5, 5.41) is 13.1. The Bertz CT molecular complexity index is 1630. The minimum absolute atomic E-state index is 0.0280. The molecule has 3 rings (SSSR count). The highest BCUT2D eigenvalue weighted by molar-refractivity contribution is 8.76. The molecule has 20 heteroatoms. The van der Waals surface area contributed by atoms with Crippen LogP contribution in [0, 0.1) is 12.8 Å². The van der Waals surface area contributed by atoms with Crippen LogP contribution < -0.4 is 43.8 Å². The van der Waals surface area contributed by atoms with Crippen LogP contribution in [0.5, 0.6) is 0 Å². The van der Waals surface area contributed by atoms with Crippen molar-refractivity contribution in [1.82, 2.24) is 31.5 Å². The van der Waals surface area contributed by atoms with Crippen LogP contribution in [-0.4, -0.2) is 112 Å². The fraction of sp³-hybridized carbons (Fsp3) is 0.583. The van der Waals surface area contributed by atoms with Gasteiger partial charge in [0, 0.05) is 37.3 Å². The van der Waals surface area contributed by atoms with Gasteiger partial charge in [-0.05, 0) is 37.7 Å². The molecular weight excluding hydrogens is 767 g/mol. The molecule has 0 aliphatic carbocycles. The number of aryl methyl sites for hydroxylation is 1. The molecule has 0 spiro atoms. The molecule has 7 atom stereocenters. The molecule has 0 aromatic heterocycles. The van der Waals surface area contributed by atoms with E-state index in [0.29, 0.717) is 19.3 Å². The molecule has 308 valence electrons. The van der Waals surface area contributed by atoms with Crippen molar-refractivity contribution < 1.29 is 43.2 Å². The molecule has 0 radical (unpaired) electrons. The van der Waals surface area contributed by atoms with E-state index in [9.17, 15) is 43.2 Å². The summed E-state index contributed by atoms with van der Waals surface area (Å²) >= 11 is 0. The third-order valence-corrected chi connectivity index (χ3v) is 12.0. The van der Waals surface area contributed by atoms with Gasteiger partial charge < -0.3 is 48.7 Å². The van der Waals surface area contributed by atoms with Gasteiger partial charge in [-0.1, -0.05) is 71.7 Å². The van der Waals surface area contributed by atoms with Crippen LogP contribution in [-0.2, 0) is 49.6 Å². The predicted molar refractivity (Wildman–Crippen MR) is 210 cm³/mol. The van der Waals surface area contributed by atoms with E-state index in [-0.39, 0.29) is 43.7 Å². The van der Waals surface area contributed by atoms with Crippen molar-refractivity contribution in [2.45, 2.75) is 108 Å². The summed E-state index contributed by atoms with van der Waals surface area (Å²) in [6.07, 6.45) is -0.0609. The Balaban J connectivity index is 2.02. The predicted octanol–water partition coefficient (Wildman–Crippen LogP) is -1.59. The number of likely N-dealkylation sites (tertiary alicyclic amines) is 1. The number of nitrogens with one attached hydrogen (secondary N) is 5. The van der Waals surface area contributed by atoms with Crippen molar-refractivity contribution >= 4 is 74.8 Å². The van der Waals surface area contributed by atoms with Crippen molar-refractivity contribution in [1.29, 1.82) is 0 Å². The van der Waals surface area contributed by atoms with E-state index in [2.05, 4.69) is 26.6 Å². The van der Waals surface area contributed by atoms with Crippen molar-refractivity contribution in [2.75, 3.05) is 18.1 Å². The monoisotopic (exact) mass is 819 g/mol. The topological polar surface area (TPSA) is 295 Å². The summed E-state index contributed by atoms with van der Waals surface area (Å²) < 4.78 is 0. The summed E-state index contributed by atoms with van der Waals surface area (Å²) in [7, 11) is 2.38. The van der Waals surface area contributed by atoms with E-state index in [1.54, 1.807) is 13.8 Å². The van der Waals surface area contributed by atoms with Crippen LogP contribution in [0.4, 0.5) is 0 Å². The van der Waals surface area contributed by atoms with E-state index < -0.39 is 102 Å². The molecule has 2 aliphatic rings. The van der Waals surface area contributed by atoms with Crippen molar-refractivity contribution in [3.05, 3.63) is 35.4 Å². The Kier molecular flexibility index (Phi) is 17.9. The number of hydrogen-bond donors (Lipinski definition) is 8. The zero-order chi connectivity index (χ0) is 41.5. The van der Waals surface area contributed by atoms with E-state index in [0.717, 1.165) is 21.9 Å². The zero-order valence-electron chi connectivity index (χ0n) is 31.8. The minimum Gasteiger partial charge on any atom is -0.370 e. The maximum Gasteiger partial charge on any atom is 0.246 e. The minimum atomic E-state index is -1.63. The quantitative estimate of drug-likeness (QED) is 0.118. The molecule has 0 unspecified atom stereocenters. The van der Waals surface area contributed by atoms with Gasteiger partial charge in [-0.15, -0.1) is 0 Å². The number of amides is 9. The lowest BCUT2D eigenvalue weighted by atomic mass is 9.96. The Labute approximate surface area is 333 Å². The number of nitrogens with two attached hydrogens (primary N) is 3. The first-order chi connectivity index (χ1) is 26.5. The number of hydrogen-bond acceptors (Lipinski definition) is 11. The van der Waals surface area contributed by atoms with E-state index in [1.165, 1.54) is 15.7 Å². The molecule has 2 saturated heterocycles. The summed E-state index contributed by atoms with van der Waals surface area (Å²) in [5.41, 5.74) is 18.1. The van der Waals surface area contributed by atoms with Crippen LogP contribution in [0.15, 0.2) is 24.3 Å². The lowest BCUT2D eigenvalue weighted by molar-refractivity contribution is -0.140. The molecule has 56 heavy (non-hydrogen) atoms. The van der Waals surface area contributed by atoms with Gasteiger partial charge in [0.25, 0.3) is 0 Å². The fourth-order valence-electron chi connectivity index (χ4n) is 6.17. The number of rotatable bonds is 11. The van der Waals surface area contributed by atoms with Crippen LogP contribution in [0.1, 0.15) is 69.9 Å². The van der Waals surface area contributed by atoms with Gasteiger partial charge in [0.15, 0.2) is 0 Å². The van der Waals surface area contributed by atoms with Gasteiger partial charge in [-0.2, -0.15) is 0 Å². The first kappa shape index (κ1) is 45.5. The zero-order valence-corrected chi connectivity index (χ0v) is 33.4. The standard InChI is InChI=1S/C36H53N9O9S2/c1-4-20(3)30-35(53)41-22(11-12-27(37)46)32(50)42-24(17-28(38)47)33(51)43-25(36(54)45-14-5-6-26(45)31(39)49)18-56-55-15-13-29(48)40-23(34(52)44-30)16-21-9-7-19(2)8-10-21/h7-10,20,22-26,30H,4-6,11-18H2,1-3H3,(H2,37,46)(H2,38,47)(H2,39,49)(H,40,48)(H,41,53)(H,42,50)(H,43,51)(H,44,52)/t20-,22-,23-,24-,25-,26-,30-/m0/s1. The molecule has 1 aromatic rings. The molecule has 11 N–H and O–H groups in total. The third-order valence-electron chi connectivity index (χ3n) is 9.57. The van der Waals surface area contributed by atoms with Crippen LogP contribution in [0.2, 0.25) is 0 Å². The molecule has 2 heterocycles. The van der Waals surface area contributed by atoms with Gasteiger partial charge >= 0.3 is 0 Å². The first-order valence-electron chi connectivity index (χ1n) is 18.5. The Morgan fingerprint density at radius 1 is 0.821 bits per heavy atom. The number of nitrogens with zero attached hydrogens (tertiary/aromatic N) is 1. The first-order valence-corrected chi connectivity index (χ1v) is 21.0. The van der Waals surface area contributed by atoms with Gasteiger partial charge in [-0.3, -0.25) is 43.2 Å². The van der Waals surface area contributed by atoms with E-state index in [4.69, 9.17) is 17.2 Å². The third kappa shape index (κ3) is 14.0. The average Bonchev–Trinajstić information content (AvgIpc) is 3.64. The average molecular weight is 820 g/mol. The SMILES string of the molecule is CC[C@H](C)[C@@H]1NC(=O)[C@H](Cc2ccc(C)cc2)NC(=O)CCSSC[C@@H](C(=O)N2CCC[C@H]2C(N)=O)NC(=O)[C@H](CC(N)=O)NC(=O)[C@H](CCC(N)=O)NC1=O. The Hall–Kier alpha value is -4.85. The lowest BCUT2D eigenvalue weighted by Gasteiger charge is -2.30. The summed E-state index contributed by atoms with van der Waals surface area (Å²) in [4.78, 5) is 120. The lowest BCUT2D eigenvalue weighted by Crippen LogP contribution is -2.61. The fourth-order valence-corrected chi connectivity index (χ4v) is 8.32. The number of carbonyl (C=O) groups excluding carboxylic acids is 9. The van der Waals surface area contributed by atoms with Crippen LogP contribution >= 0.6 is 21.6 Å². The van der Waals surface area contributed by atoms with Crippen molar-refractivity contribution in [3.8, 4) is 0 Å². The molecule has 1 aromatic carbocycles. The molecule has 0 saturated carbocycles. The molecule has 9 amide bonds. The van der Waals surface area contributed by atoms with E-state index >= 15 is 0 Å². The molecule has 2 aliphatic heterocycles. The van der Waals surface area contributed by atoms with Crippen molar-refractivity contribution in [2.24, 2.45) is 23.1 Å². The van der Waals surface area contributed by atoms with Crippen LogP contribution in [0.3, 0.4) is 0 Å². The summed E-state index contributed by atoms with van der Waals surface area (Å²) in [6, 6.07) is -0.193. The van der Waals surface area contributed by atoms with Crippen molar-refractivity contribution in [3.63, 3.8) is 0 Å². The van der Waals surface area contributed by atoms with Gasteiger partial charge in [0.2, 0.25) is 53.2 Å². The second-order valence-electron chi connectivity index (χ2n) is 14.0. The smallest absolute Gasteiger partial charge is 0.246 e. The number of benzene rings is 1. The molecular formula is C36H53N9O9S2. The number of primary amides is 3. The molecule has 18 nitrogen and oxygen atoms in total. The second-order valence-corrected chi connectivity index (χ2v) is 16.6. The highest BCUT2D eigenvalue weighted by Crippen LogP contribution is 2.25. The maximum absolute atomic E-state index is 13.9. The van der Waals surface area contributed by atoms with Crippen LogP contribution in [0.25, 0.3) is 0 Å². The van der Waals surface area contributed by atoms with E-state index in [1.807, 2.05) is 31.2 Å². The van der Waals surface area contributed by atoms with Gasteiger partial charge in [-0.25, -0.2) is 0 Å². The molecule has 0 bridgehead atoms.